The zero-order valence-corrected chi connectivity index (χ0v) is 13.9. The van der Waals surface area contributed by atoms with Crippen LogP contribution in [-0.4, -0.2) is 47.3 Å². The Morgan fingerprint density at radius 2 is 2.04 bits per heavy atom. The number of benzene rings is 1. The molecule has 122 valence electrons. The van der Waals surface area contributed by atoms with E-state index in [0.717, 1.165) is 0 Å². The van der Waals surface area contributed by atoms with Crippen LogP contribution < -0.4 is 0 Å². The zero-order valence-electron chi connectivity index (χ0n) is 12.3. The fourth-order valence-electron chi connectivity index (χ4n) is 2.66. The number of amides is 1. The summed E-state index contributed by atoms with van der Waals surface area (Å²) in [5.41, 5.74) is 0. The van der Waals surface area contributed by atoms with Gasteiger partial charge in [0.25, 0.3) is 0 Å². The Morgan fingerprint density at radius 3 is 2.70 bits per heavy atom. The van der Waals surface area contributed by atoms with Crippen molar-refractivity contribution in [3.05, 3.63) is 47.7 Å². The average molecular weight is 354 g/mol. The zero-order chi connectivity index (χ0) is 16.4. The van der Waals surface area contributed by atoms with E-state index in [1.165, 1.54) is 16.8 Å². The number of rotatable bonds is 4. The lowest BCUT2D eigenvalue weighted by atomic mass is 10.4. The van der Waals surface area contributed by atoms with E-state index in [2.05, 4.69) is 5.10 Å². The number of halogens is 1. The van der Waals surface area contributed by atoms with E-state index in [-0.39, 0.29) is 23.9 Å². The fourth-order valence-corrected chi connectivity index (χ4v) is 4.48. The highest BCUT2D eigenvalue weighted by atomic mass is 35.5. The molecule has 6 nitrogen and oxygen atoms in total. The highest BCUT2D eigenvalue weighted by Gasteiger charge is 2.36. The summed E-state index contributed by atoms with van der Waals surface area (Å²) in [4.78, 5) is 14.0. The van der Waals surface area contributed by atoms with Crippen molar-refractivity contribution in [2.75, 3.05) is 13.1 Å². The quantitative estimate of drug-likeness (QED) is 0.837. The first-order valence-corrected chi connectivity index (χ1v) is 9.14. The van der Waals surface area contributed by atoms with Gasteiger partial charge in [-0.15, -0.1) is 0 Å². The van der Waals surface area contributed by atoms with Gasteiger partial charge in [0, 0.05) is 30.5 Å². The van der Waals surface area contributed by atoms with Crippen LogP contribution in [0.15, 0.2) is 47.6 Å². The minimum atomic E-state index is -3.46. The van der Waals surface area contributed by atoms with E-state index >= 15 is 0 Å². The highest BCUT2D eigenvalue weighted by Crippen LogP contribution is 2.25. The van der Waals surface area contributed by atoms with Gasteiger partial charge in [-0.1, -0.05) is 11.6 Å². The molecule has 1 atom stereocenters. The van der Waals surface area contributed by atoms with E-state index in [1.54, 1.807) is 35.5 Å². The summed E-state index contributed by atoms with van der Waals surface area (Å²) < 4.78 is 26.8. The van der Waals surface area contributed by atoms with Crippen molar-refractivity contribution in [3.8, 4) is 0 Å². The maximum atomic E-state index is 12.6. The molecule has 1 aliphatic rings. The summed E-state index contributed by atoms with van der Waals surface area (Å²) >= 11 is 5.80. The SMILES string of the molecule is O=C(Cn1cccn1)N1CCC(S(=O)(=O)c2ccc(Cl)cc2)C1. The highest BCUT2D eigenvalue weighted by molar-refractivity contribution is 7.92. The first-order chi connectivity index (χ1) is 11.0. The van der Waals surface area contributed by atoms with Gasteiger partial charge in [-0.05, 0) is 36.8 Å². The van der Waals surface area contributed by atoms with Gasteiger partial charge in [0.05, 0.1) is 10.1 Å². The predicted octanol–water partition coefficient (Wildman–Crippen LogP) is 1.61. The second kappa shape index (κ2) is 6.33. The van der Waals surface area contributed by atoms with E-state index in [1.807, 2.05) is 0 Å². The normalized spacial score (nSPS) is 18.3. The molecule has 1 aromatic carbocycles. The fraction of sp³-hybridized carbons (Fsp3) is 0.333. The van der Waals surface area contributed by atoms with Crippen molar-refractivity contribution < 1.29 is 13.2 Å². The Morgan fingerprint density at radius 1 is 1.30 bits per heavy atom. The van der Waals surface area contributed by atoms with Crippen molar-refractivity contribution in [1.29, 1.82) is 0 Å². The van der Waals surface area contributed by atoms with Gasteiger partial charge in [0.2, 0.25) is 5.91 Å². The van der Waals surface area contributed by atoms with Gasteiger partial charge >= 0.3 is 0 Å². The van der Waals surface area contributed by atoms with Crippen LogP contribution in [0, 0.1) is 0 Å². The molecule has 0 aliphatic carbocycles. The van der Waals surface area contributed by atoms with Crippen LogP contribution in [0.5, 0.6) is 0 Å². The number of hydrogen-bond acceptors (Lipinski definition) is 4. The van der Waals surface area contributed by atoms with Crippen LogP contribution in [0.2, 0.25) is 5.02 Å². The Balaban J connectivity index is 1.69. The third-order valence-electron chi connectivity index (χ3n) is 3.94. The van der Waals surface area contributed by atoms with Crippen LogP contribution in [-0.2, 0) is 21.2 Å². The van der Waals surface area contributed by atoms with Crippen molar-refractivity contribution in [2.24, 2.45) is 0 Å². The maximum absolute atomic E-state index is 12.6. The second-order valence-electron chi connectivity index (χ2n) is 5.45. The molecule has 0 N–H and O–H groups in total. The maximum Gasteiger partial charge on any atom is 0.244 e. The first-order valence-electron chi connectivity index (χ1n) is 7.21. The third-order valence-corrected chi connectivity index (χ3v) is 6.38. The number of likely N-dealkylation sites (tertiary alicyclic amines) is 1. The largest absolute Gasteiger partial charge is 0.340 e. The smallest absolute Gasteiger partial charge is 0.244 e. The number of aromatic nitrogens is 2. The predicted molar refractivity (Wildman–Crippen MR) is 85.8 cm³/mol. The van der Waals surface area contributed by atoms with Crippen LogP contribution in [0.25, 0.3) is 0 Å². The Labute approximate surface area is 139 Å². The van der Waals surface area contributed by atoms with Gasteiger partial charge in [0.1, 0.15) is 6.54 Å². The summed E-state index contributed by atoms with van der Waals surface area (Å²) in [5.74, 6) is -0.123. The molecule has 3 rings (SSSR count). The Bertz CT molecular complexity index is 788. The standard InChI is InChI=1S/C15H16ClN3O3S/c16-12-2-4-13(5-3-12)23(21,22)14-6-9-18(10-14)15(20)11-19-8-1-7-17-19/h1-5,7-8,14H,6,9-11H2. The van der Waals surface area contributed by atoms with E-state index in [0.29, 0.717) is 18.0 Å². The molecule has 1 aliphatic heterocycles. The molecule has 23 heavy (non-hydrogen) atoms. The lowest BCUT2D eigenvalue weighted by Crippen LogP contribution is -2.34. The lowest BCUT2D eigenvalue weighted by molar-refractivity contribution is -0.130. The summed E-state index contributed by atoms with van der Waals surface area (Å²) in [5, 5.41) is 3.90. The van der Waals surface area contributed by atoms with Crippen LogP contribution in [0.4, 0.5) is 0 Å². The molecule has 2 heterocycles. The Hall–Kier alpha value is -1.86. The molecule has 1 unspecified atom stereocenters. The molecule has 2 aromatic rings. The monoisotopic (exact) mass is 353 g/mol. The number of sulfone groups is 1. The summed E-state index contributed by atoms with van der Waals surface area (Å²) in [7, 11) is -3.46. The van der Waals surface area contributed by atoms with E-state index in [4.69, 9.17) is 11.6 Å². The third kappa shape index (κ3) is 3.40. The molecule has 0 saturated carbocycles. The van der Waals surface area contributed by atoms with Gasteiger partial charge < -0.3 is 4.90 Å². The topological polar surface area (TPSA) is 72.3 Å². The summed E-state index contributed by atoms with van der Waals surface area (Å²) in [6.45, 7) is 0.781. The molecule has 0 spiro atoms. The average Bonchev–Trinajstić information content (AvgIpc) is 3.19. The van der Waals surface area contributed by atoms with Crippen molar-refractivity contribution in [1.82, 2.24) is 14.7 Å². The van der Waals surface area contributed by atoms with Crippen molar-refractivity contribution in [3.63, 3.8) is 0 Å². The van der Waals surface area contributed by atoms with Gasteiger partial charge in [-0.3, -0.25) is 9.48 Å². The van der Waals surface area contributed by atoms with Gasteiger partial charge in [-0.2, -0.15) is 5.10 Å². The lowest BCUT2D eigenvalue weighted by Gasteiger charge is -2.17. The molecule has 0 radical (unpaired) electrons. The summed E-state index contributed by atoms with van der Waals surface area (Å²) in [6.07, 6.45) is 3.75. The minimum absolute atomic E-state index is 0.123. The van der Waals surface area contributed by atoms with E-state index in [9.17, 15) is 13.2 Å². The first kappa shape index (κ1) is 16.0. The number of hydrogen-bond donors (Lipinski definition) is 0. The number of nitrogens with zero attached hydrogens (tertiary/aromatic N) is 3. The molecule has 1 fully saturated rings. The molecule has 8 heteroatoms. The molecule has 0 bridgehead atoms. The second-order valence-corrected chi connectivity index (χ2v) is 8.12. The van der Waals surface area contributed by atoms with Crippen LogP contribution in [0.1, 0.15) is 6.42 Å². The molecular formula is C15H16ClN3O3S. The van der Waals surface area contributed by atoms with Gasteiger partial charge in [-0.25, -0.2) is 8.42 Å². The van der Waals surface area contributed by atoms with Crippen molar-refractivity contribution >= 4 is 27.3 Å². The minimum Gasteiger partial charge on any atom is -0.340 e. The number of carbonyl (C=O) groups is 1. The molecule has 1 aromatic heterocycles. The van der Waals surface area contributed by atoms with Crippen LogP contribution in [0.3, 0.4) is 0 Å². The van der Waals surface area contributed by atoms with E-state index < -0.39 is 15.1 Å². The number of carbonyl (C=O) groups excluding carboxylic acids is 1. The van der Waals surface area contributed by atoms with Crippen molar-refractivity contribution in [2.45, 2.75) is 23.1 Å². The summed E-state index contributed by atoms with van der Waals surface area (Å²) in [6, 6.07) is 7.87. The van der Waals surface area contributed by atoms with Crippen LogP contribution >= 0.6 is 11.6 Å². The molecule has 1 saturated heterocycles. The van der Waals surface area contributed by atoms with Gasteiger partial charge in [0.15, 0.2) is 9.84 Å². The molecule has 1 amide bonds. The molecular weight excluding hydrogens is 338 g/mol. The Kier molecular flexibility index (Phi) is 4.41.